The van der Waals surface area contributed by atoms with Gasteiger partial charge in [-0.05, 0) is 61.2 Å². The molecule has 2 aromatic carbocycles. The first-order valence-electron chi connectivity index (χ1n) is 18.6. The lowest BCUT2D eigenvalue weighted by Gasteiger charge is -2.22. The number of unbranched alkanes of at least 4 members (excludes halogenated alkanes) is 6. The Morgan fingerprint density at radius 2 is 1.29 bits per heavy atom. The van der Waals surface area contributed by atoms with E-state index in [2.05, 4.69) is 18.8 Å². The van der Waals surface area contributed by atoms with Crippen molar-refractivity contribution >= 4 is 27.6 Å². The SMILES string of the molecule is CCCCCCC(=O)Oc1ccc(COP(=O)(OCc2ccc(OC(=O)CCCCCC)cc2)OP(=O)(O)OC[C@@H]2C=C[C@H](n3cc(C)c(=O)[nH]c3=O)O2)cc1. The molecule has 1 aliphatic heterocycles. The number of phosphoric ester groups is 2. The Balaban J connectivity index is 1.38. The van der Waals surface area contributed by atoms with Crippen LogP contribution in [0.25, 0.3) is 0 Å². The number of nitrogens with zero attached hydrogens (tertiary/aromatic N) is 1. The normalized spacial score (nSPS) is 16.4. The Kier molecular flexibility index (Phi) is 17.6. The number of benzene rings is 2. The monoisotopic (exact) mass is 820 g/mol. The number of hydrogen-bond acceptors (Lipinski definition) is 13. The van der Waals surface area contributed by atoms with Gasteiger partial charge in [-0.15, -0.1) is 0 Å². The fourth-order valence-electron chi connectivity index (χ4n) is 5.29. The minimum Gasteiger partial charge on any atom is -0.427 e. The summed E-state index contributed by atoms with van der Waals surface area (Å²) in [6.45, 7) is 4.31. The van der Waals surface area contributed by atoms with E-state index in [1.54, 1.807) is 24.3 Å². The van der Waals surface area contributed by atoms with Crippen molar-refractivity contribution in [2.45, 2.75) is 111 Å². The quantitative estimate of drug-likeness (QED) is 0.0292. The molecule has 0 amide bonds. The first-order chi connectivity index (χ1) is 26.8. The van der Waals surface area contributed by atoms with E-state index in [0.717, 1.165) is 55.9 Å². The molecule has 0 aliphatic carbocycles. The molecule has 0 radical (unpaired) electrons. The summed E-state index contributed by atoms with van der Waals surface area (Å²) < 4.78 is 65.7. The van der Waals surface area contributed by atoms with Crippen molar-refractivity contribution in [3.63, 3.8) is 0 Å². The molecular weight excluding hydrogens is 770 g/mol. The second-order valence-electron chi connectivity index (χ2n) is 13.1. The van der Waals surface area contributed by atoms with Crippen molar-refractivity contribution in [2.24, 2.45) is 0 Å². The van der Waals surface area contributed by atoms with Crippen LogP contribution < -0.4 is 20.7 Å². The Morgan fingerprint density at radius 3 is 1.79 bits per heavy atom. The summed E-state index contributed by atoms with van der Waals surface area (Å²) in [5.41, 5.74) is -0.107. The first-order valence-corrected chi connectivity index (χ1v) is 21.6. The number of aromatic nitrogens is 2. The summed E-state index contributed by atoms with van der Waals surface area (Å²) in [4.78, 5) is 61.2. The number of carbonyl (C=O) groups excluding carboxylic acids is 2. The van der Waals surface area contributed by atoms with Crippen LogP contribution in [0.2, 0.25) is 0 Å². The molecular formula is C38H50N2O14P2. The van der Waals surface area contributed by atoms with Gasteiger partial charge < -0.3 is 19.1 Å². The zero-order valence-electron chi connectivity index (χ0n) is 31.8. The lowest BCUT2D eigenvalue weighted by atomic mass is 10.1. The zero-order valence-corrected chi connectivity index (χ0v) is 33.6. The number of nitrogens with one attached hydrogen (secondary N) is 1. The van der Waals surface area contributed by atoms with Crippen molar-refractivity contribution in [3.05, 3.63) is 104 Å². The van der Waals surface area contributed by atoms with Crippen molar-refractivity contribution in [2.75, 3.05) is 6.61 Å². The minimum atomic E-state index is -5.16. The summed E-state index contributed by atoms with van der Waals surface area (Å²) in [5.74, 6) is -0.124. The number of hydrogen-bond donors (Lipinski definition) is 2. The van der Waals surface area contributed by atoms with Gasteiger partial charge in [-0.2, -0.15) is 4.31 Å². The van der Waals surface area contributed by atoms with E-state index in [9.17, 15) is 33.2 Å². The highest BCUT2D eigenvalue weighted by atomic mass is 31.3. The predicted octanol–water partition coefficient (Wildman–Crippen LogP) is 7.73. The number of aryl methyl sites for hydroxylation is 1. The second kappa shape index (κ2) is 22.1. The standard InChI is InChI=1S/C38H50N2O14P2/c1-4-6-8-10-12-35(41)52-31-18-14-29(15-19-31)25-49-56(47,50-26-30-16-20-32(21-17-30)53-36(42)13-11-9-7-5-2)54-55(45,46)48-27-33-22-23-34(51-33)40-24-28(3)37(43)39-38(40)44/h14-24,33-34H,4-13,25-27H2,1-3H3,(H,45,46)(H,39,43,44)/t33-,34+/m0/s1. The number of phosphoric acid groups is 2. The molecule has 4 rings (SSSR count). The molecule has 3 aromatic rings. The summed E-state index contributed by atoms with van der Waals surface area (Å²) in [5, 5.41) is 0. The van der Waals surface area contributed by atoms with E-state index in [1.807, 2.05) is 0 Å². The fraction of sp³-hybridized carbons (Fsp3) is 0.474. The summed E-state index contributed by atoms with van der Waals surface area (Å²) in [6.07, 6.45) is 10.5. The number of carbonyl (C=O) groups is 2. The van der Waals surface area contributed by atoms with E-state index in [-0.39, 0.29) is 30.3 Å². The van der Waals surface area contributed by atoms with Crippen molar-refractivity contribution in [1.82, 2.24) is 9.55 Å². The molecule has 0 saturated heterocycles. The number of aromatic amines is 1. The van der Waals surface area contributed by atoms with E-state index >= 15 is 0 Å². The molecule has 0 saturated carbocycles. The molecule has 16 nitrogen and oxygen atoms in total. The largest absolute Gasteiger partial charge is 0.484 e. The molecule has 3 atom stereocenters. The van der Waals surface area contributed by atoms with Gasteiger partial charge in [-0.3, -0.25) is 37.5 Å². The molecule has 18 heteroatoms. The number of ether oxygens (including phenoxy) is 3. The Morgan fingerprint density at radius 1 is 0.768 bits per heavy atom. The smallest absolute Gasteiger partial charge is 0.427 e. The maximum absolute atomic E-state index is 13.9. The molecule has 2 heterocycles. The van der Waals surface area contributed by atoms with Gasteiger partial charge in [-0.25, -0.2) is 13.9 Å². The summed E-state index contributed by atoms with van der Waals surface area (Å²) in [7, 11) is -10.0. The first kappa shape index (κ1) is 44.7. The third kappa shape index (κ3) is 15.2. The lowest BCUT2D eigenvalue weighted by Crippen LogP contribution is -2.33. The molecule has 56 heavy (non-hydrogen) atoms. The second-order valence-corrected chi connectivity index (χ2v) is 16.4. The molecule has 1 unspecified atom stereocenters. The molecule has 1 aliphatic rings. The Hall–Kier alpha value is -3.98. The van der Waals surface area contributed by atoms with Gasteiger partial charge in [0.1, 0.15) is 17.6 Å². The predicted molar refractivity (Wildman–Crippen MR) is 205 cm³/mol. The summed E-state index contributed by atoms with van der Waals surface area (Å²) >= 11 is 0. The molecule has 0 bridgehead atoms. The average Bonchev–Trinajstić information content (AvgIpc) is 3.64. The highest BCUT2D eigenvalue weighted by molar-refractivity contribution is 7.61. The van der Waals surface area contributed by atoms with Crippen LogP contribution in [-0.2, 0) is 54.6 Å². The van der Waals surface area contributed by atoms with Crippen LogP contribution in [0.1, 0.15) is 101 Å². The van der Waals surface area contributed by atoms with Crippen LogP contribution in [0.4, 0.5) is 0 Å². The number of rotatable bonds is 24. The van der Waals surface area contributed by atoms with E-state index in [1.165, 1.54) is 49.5 Å². The number of esters is 2. The van der Waals surface area contributed by atoms with Crippen molar-refractivity contribution in [3.8, 4) is 11.5 Å². The molecule has 1 aromatic heterocycles. The molecule has 0 fully saturated rings. The van der Waals surface area contributed by atoms with E-state index < -0.39 is 59.0 Å². The van der Waals surface area contributed by atoms with Gasteiger partial charge in [0.25, 0.3) is 5.56 Å². The Labute approximate surface area is 325 Å². The highest BCUT2D eigenvalue weighted by Gasteiger charge is 2.39. The van der Waals surface area contributed by atoms with Crippen LogP contribution in [-0.4, -0.2) is 39.1 Å². The van der Waals surface area contributed by atoms with Gasteiger partial charge in [-0.1, -0.05) is 82.7 Å². The third-order valence-electron chi connectivity index (χ3n) is 8.39. The number of H-pyrrole nitrogens is 1. The minimum absolute atomic E-state index is 0.269. The molecule has 2 N–H and O–H groups in total. The van der Waals surface area contributed by atoms with Crippen LogP contribution in [0.5, 0.6) is 11.5 Å². The van der Waals surface area contributed by atoms with Crippen molar-refractivity contribution in [1.29, 1.82) is 0 Å². The third-order valence-corrected chi connectivity index (χ3v) is 11.4. The van der Waals surface area contributed by atoms with Crippen LogP contribution in [0, 0.1) is 6.92 Å². The Bertz CT molecular complexity index is 1900. The average molecular weight is 821 g/mol. The maximum atomic E-state index is 13.9. The van der Waals surface area contributed by atoms with Gasteiger partial charge >= 0.3 is 33.3 Å². The van der Waals surface area contributed by atoms with Crippen LogP contribution in [0.15, 0.2) is 76.5 Å². The van der Waals surface area contributed by atoms with Crippen LogP contribution in [0.3, 0.4) is 0 Å². The van der Waals surface area contributed by atoms with Crippen LogP contribution >= 0.6 is 15.6 Å². The topological polar surface area (TPSA) is 208 Å². The fourth-order valence-corrected chi connectivity index (χ4v) is 7.89. The van der Waals surface area contributed by atoms with Gasteiger partial charge in [0, 0.05) is 24.6 Å². The summed E-state index contributed by atoms with van der Waals surface area (Å²) in [6, 6.07) is 12.3. The lowest BCUT2D eigenvalue weighted by molar-refractivity contribution is -0.135. The van der Waals surface area contributed by atoms with E-state index in [4.69, 9.17) is 32.1 Å². The molecule has 306 valence electrons. The van der Waals surface area contributed by atoms with Gasteiger partial charge in [0.15, 0.2) is 6.23 Å². The maximum Gasteiger partial charge on any atom is 0.484 e. The zero-order chi connectivity index (χ0) is 40.6. The van der Waals surface area contributed by atoms with Gasteiger partial charge in [0.2, 0.25) is 0 Å². The highest BCUT2D eigenvalue weighted by Crippen LogP contribution is 2.64. The van der Waals surface area contributed by atoms with E-state index in [0.29, 0.717) is 22.6 Å². The van der Waals surface area contributed by atoms with Crippen molar-refractivity contribution < 1.29 is 55.7 Å². The molecule has 0 spiro atoms. The van der Waals surface area contributed by atoms with Gasteiger partial charge in [0.05, 0.1) is 19.8 Å².